The Morgan fingerprint density at radius 2 is 2.24 bits per heavy atom. The van der Waals surface area contributed by atoms with E-state index < -0.39 is 0 Å². The fraction of sp³-hybridized carbons (Fsp3) is 0.800. The smallest absolute Gasteiger partial charge is 0.0858 e. The molecule has 1 fully saturated rings. The fourth-order valence-electron chi connectivity index (χ4n) is 2.89. The molecule has 1 aromatic heterocycles. The van der Waals surface area contributed by atoms with Crippen molar-refractivity contribution in [3.8, 4) is 0 Å². The van der Waals surface area contributed by atoms with Crippen LogP contribution in [0.25, 0.3) is 0 Å². The molecule has 2 rings (SSSR count). The highest BCUT2D eigenvalue weighted by atomic mass is 35.5. The van der Waals surface area contributed by atoms with Gasteiger partial charge in [-0.15, -0.1) is 0 Å². The van der Waals surface area contributed by atoms with Gasteiger partial charge in [-0.2, -0.15) is 5.10 Å². The lowest BCUT2D eigenvalue weighted by Crippen LogP contribution is -2.51. The molecule has 6 heteroatoms. The minimum Gasteiger partial charge on any atom is -0.374 e. The normalized spacial score (nSPS) is 21.7. The van der Waals surface area contributed by atoms with Crippen molar-refractivity contribution in [1.29, 1.82) is 0 Å². The van der Waals surface area contributed by atoms with Gasteiger partial charge in [-0.3, -0.25) is 4.68 Å². The molecule has 2 atom stereocenters. The highest BCUT2D eigenvalue weighted by molar-refractivity contribution is 6.31. The van der Waals surface area contributed by atoms with Crippen LogP contribution >= 0.6 is 11.6 Å². The molecule has 1 aliphatic rings. The number of hydrogen-bond acceptors (Lipinski definition) is 4. The van der Waals surface area contributed by atoms with E-state index in [2.05, 4.69) is 36.2 Å². The maximum atomic E-state index is 6.51. The van der Waals surface area contributed by atoms with Gasteiger partial charge < -0.3 is 15.0 Å². The van der Waals surface area contributed by atoms with E-state index in [1.807, 2.05) is 11.7 Å². The Morgan fingerprint density at radius 1 is 1.48 bits per heavy atom. The Morgan fingerprint density at radius 3 is 2.81 bits per heavy atom. The second-order valence-corrected chi connectivity index (χ2v) is 6.03. The molecule has 2 unspecified atom stereocenters. The van der Waals surface area contributed by atoms with Gasteiger partial charge in [-0.1, -0.05) is 18.5 Å². The highest BCUT2D eigenvalue weighted by Gasteiger charge is 2.28. The first kappa shape index (κ1) is 16.7. The highest BCUT2D eigenvalue weighted by Crippen LogP contribution is 2.24. The van der Waals surface area contributed by atoms with Crippen LogP contribution in [-0.4, -0.2) is 60.6 Å². The second kappa shape index (κ2) is 7.58. The molecule has 2 heterocycles. The number of hydrogen-bond donors (Lipinski definition) is 1. The second-order valence-electron chi connectivity index (χ2n) is 5.65. The standard InChI is InChI=1S/C15H27ClN4O/c1-5-11-15(16)13(20(6-2)18-11)9-12(17-3)14-10-19(4)7-8-21-14/h12,14,17H,5-10H2,1-4H3. The van der Waals surface area contributed by atoms with E-state index in [0.717, 1.165) is 55.5 Å². The Balaban J connectivity index is 2.16. The van der Waals surface area contributed by atoms with Crippen LogP contribution in [0.1, 0.15) is 25.2 Å². The van der Waals surface area contributed by atoms with Gasteiger partial charge in [0.05, 0.1) is 29.1 Å². The zero-order valence-corrected chi connectivity index (χ0v) is 14.3. The van der Waals surface area contributed by atoms with Crippen LogP contribution in [0.15, 0.2) is 0 Å². The predicted octanol–water partition coefficient (Wildman–Crippen LogP) is 1.58. The van der Waals surface area contributed by atoms with Gasteiger partial charge in [-0.25, -0.2) is 0 Å². The van der Waals surface area contributed by atoms with Crippen molar-refractivity contribution in [2.24, 2.45) is 0 Å². The summed E-state index contributed by atoms with van der Waals surface area (Å²) < 4.78 is 7.97. The Kier molecular flexibility index (Phi) is 6.05. The first-order valence-corrected chi connectivity index (χ1v) is 8.19. The summed E-state index contributed by atoms with van der Waals surface area (Å²) in [4.78, 5) is 2.31. The van der Waals surface area contributed by atoms with E-state index in [0.29, 0.717) is 0 Å². The van der Waals surface area contributed by atoms with Crippen LogP contribution in [0.4, 0.5) is 0 Å². The van der Waals surface area contributed by atoms with Gasteiger partial charge in [0, 0.05) is 32.1 Å². The molecule has 1 N–H and O–H groups in total. The predicted molar refractivity (Wildman–Crippen MR) is 86.1 cm³/mol. The summed E-state index contributed by atoms with van der Waals surface area (Å²) in [5.74, 6) is 0. The number of nitrogens with zero attached hydrogens (tertiary/aromatic N) is 3. The molecular weight excluding hydrogens is 288 g/mol. The first-order valence-electron chi connectivity index (χ1n) is 7.82. The number of nitrogens with one attached hydrogen (secondary N) is 1. The molecule has 1 aromatic rings. The van der Waals surface area contributed by atoms with E-state index in [1.165, 1.54) is 0 Å². The minimum atomic E-state index is 0.190. The van der Waals surface area contributed by atoms with Gasteiger partial charge in [0.2, 0.25) is 0 Å². The summed E-state index contributed by atoms with van der Waals surface area (Å²) in [6.07, 6.45) is 1.90. The molecule has 0 bridgehead atoms. The number of likely N-dealkylation sites (N-methyl/N-ethyl adjacent to an activating group) is 2. The molecule has 21 heavy (non-hydrogen) atoms. The van der Waals surface area contributed by atoms with E-state index in [9.17, 15) is 0 Å². The van der Waals surface area contributed by atoms with Crippen LogP contribution in [0.5, 0.6) is 0 Å². The Labute approximate surface area is 132 Å². The van der Waals surface area contributed by atoms with Gasteiger partial charge in [-0.05, 0) is 27.4 Å². The Hall–Kier alpha value is -0.620. The lowest BCUT2D eigenvalue weighted by Gasteiger charge is -2.35. The molecule has 120 valence electrons. The minimum absolute atomic E-state index is 0.190. The van der Waals surface area contributed by atoms with E-state index >= 15 is 0 Å². The maximum absolute atomic E-state index is 6.51. The number of aryl methyl sites for hydroxylation is 2. The third-order valence-electron chi connectivity index (χ3n) is 4.22. The van der Waals surface area contributed by atoms with Crippen molar-refractivity contribution in [1.82, 2.24) is 20.0 Å². The summed E-state index contributed by atoms with van der Waals surface area (Å²) in [5.41, 5.74) is 2.11. The summed E-state index contributed by atoms with van der Waals surface area (Å²) in [7, 11) is 4.13. The number of halogens is 1. The van der Waals surface area contributed by atoms with E-state index in [-0.39, 0.29) is 12.1 Å². The maximum Gasteiger partial charge on any atom is 0.0858 e. The van der Waals surface area contributed by atoms with Gasteiger partial charge >= 0.3 is 0 Å². The number of ether oxygens (including phenoxy) is 1. The van der Waals surface area contributed by atoms with Crippen LogP contribution < -0.4 is 5.32 Å². The van der Waals surface area contributed by atoms with Crippen molar-refractivity contribution in [2.45, 2.75) is 45.4 Å². The third-order valence-corrected chi connectivity index (χ3v) is 4.66. The summed E-state index contributed by atoms with van der Waals surface area (Å²) in [5, 5.41) is 8.82. The molecule has 0 amide bonds. The molecule has 5 nitrogen and oxygen atoms in total. The van der Waals surface area contributed by atoms with E-state index in [4.69, 9.17) is 16.3 Å². The monoisotopic (exact) mass is 314 g/mol. The topological polar surface area (TPSA) is 42.3 Å². The Bertz CT molecular complexity index is 463. The summed E-state index contributed by atoms with van der Waals surface area (Å²) in [6.45, 7) is 7.78. The molecule has 1 saturated heterocycles. The molecule has 0 saturated carbocycles. The van der Waals surface area contributed by atoms with Crippen molar-refractivity contribution in [2.75, 3.05) is 33.8 Å². The van der Waals surface area contributed by atoms with Crippen LogP contribution in [0, 0.1) is 0 Å². The van der Waals surface area contributed by atoms with Crippen molar-refractivity contribution in [3.63, 3.8) is 0 Å². The van der Waals surface area contributed by atoms with Crippen molar-refractivity contribution >= 4 is 11.6 Å². The quantitative estimate of drug-likeness (QED) is 0.866. The van der Waals surface area contributed by atoms with Gasteiger partial charge in [0.25, 0.3) is 0 Å². The molecule has 0 spiro atoms. The molecule has 0 aliphatic carbocycles. The van der Waals surface area contributed by atoms with Crippen molar-refractivity contribution < 1.29 is 4.74 Å². The number of morpholine rings is 1. The largest absolute Gasteiger partial charge is 0.374 e. The average molecular weight is 315 g/mol. The first-order chi connectivity index (χ1) is 10.1. The summed E-state index contributed by atoms with van der Waals surface area (Å²) in [6, 6.07) is 0.247. The average Bonchev–Trinajstić information content (AvgIpc) is 2.80. The fourth-order valence-corrected chi connectivity index (χ4v) is 3.24. The number of aromatic nitrogens is 2. The van der Waals surface area contributed by atoms with Gasteiger partial charge in [0.1, 0.15) is 0 Å². The van der Waals surface area contributed by atoms with E-state index in [1.54, 1.807) is 0 Å². The number of rotatable bonds is 6. The molecular formula is C15H27ClN4O. The van der Waals surface area contributed by atoms with Crippen LogP contribution in [0.2, 0.25) is 5.02 Å². The van der Waals surface area contributed by atoms with Crippen molar-refractivity contribution in [3.05, 3.63) is 16.4 Å². The zero-order chi connectivity index (χ0) is 15.4. The van der Waals surface area contributed by atoms with Gasteiger partial charge in [0.15, 0.2) is 0 Å². The molecule has 1 aliphatic heterocycles. The summed E-state index contributed by atoms with van der Waals surface area (Å²) >= 11 is 6.51. The zero-order valence-electron chi connectivity index (χ0n) is 13.5. The van der Waals surface area contributed by atoms with Crippen LogP contribution in [0.3, 0.4) is 0 Å². The molecule has 0 aromatic carbocycles. The lowest BCUT2D eigenvalue weighted by atomic mass is 10.0. The third kappa shape index (κ3) is 3.77. The molecule has 0 radical (unpaired) electrons. The van der Waals surface area contributed by atoms with Crippen LogP contribution in [-0.2, 0) is 24.1 Å². The lowest BCUT2D eigenvalue weighted by molar-refractivity contribution is -0.0374. The SMILES string of the molecule is CCc1nn(CC)c(CC(NC)C2CN(C)CCO2)c1Cl.